The van der Waals surface area contributed by atoms with Crippen molar-refractivity contribution in [2.24, 2.45) is 17.4 Å². The molecule has 0 spiro atoms. The molecule has 4 N–H and O–H groups in total. The summed E-state index contributed by atoms with van der Waals surface area (Å²) in [6.45, 7) is 2.02. The average Bonchev–Trinajstić information content (AvgIpc) is 2.91. The molecule has 2 heterocycles. The molecule has 0 bridgehead atoms. The number of amides is 3. The summed E-state index contributed by atoms with van der Waals surface area (Å²) in [6, 6.07) is 7.50. The number of hydrazine groups is 1. The summed E-state index contributed by atoms with van der Waals surface area (Å²) in [5, 5.41) is 3.67. The van der Waals surface area contributed by atoms with Crippen molar-refractivity contribution in [1.29, 1.82) is 0 Å². The maximum absolute atomic E-state index is 13.0. The van der Waals surface area contributed by atoms with Crippen LogP contribution in [0.15, 0.2) is 24.3 Å². The Balaban J connectivity index is 2.09. The highest BCUT2D eigenvalue weighted by molar-refractivity contribution is 5.93. The number of nitrogens with zero attached hydrogens (tertiary/aromatic N) is 2. The van der Waals surface area contributed by atoms with E-state index in [1.807, 2.05) is 29.3 Å². The fourth-order valence-electron chi connectivity index (χ4n) is 3.54. The van der Waals surface area contributed by atoms with E-state index in [2.05, 4.69) is 0 Å². The van der Waals surface area contributed by atoms with Gasteiger partial charge in [0.05, 0.1) is 11.8 Å². The Morgan fingerprint density at radius 2 is 1.96 bits per heavy atom. The molecular formula is C16H20N4O3. The minimum absolute atomic E-state index is 0.183. The standard InChI is InChI=1S/C16H20N4O3/c17-13(21)8-12(15(18)22)14-11-5-2-1-4-10(11)9-19-6-3-7-20(19)16(14)23/h1-2,4-5,12,14H,3,6-9H2,(H2,17,21)(H2,18,22)/t12?,14-/m1/s1. The Kier molecular flexibility index (Phi) is 4.04. The van der Waals surface area contributed by atoms with Crippen molar-refractivity contribution in [2.75, 3.05) is 13.1 Å². The van der Waals surface area contributed by atoms with Crippen LogP contribution in [0.3, 0.4) is 0 Å². The molecule has 2 aliphatic rings. The second kappa shape index (κ2) is 6.00. The van der Waals surface area contributed by atoms with E-state index in [0.717, 1.165) is 24.1 Å². The van der Waals surface area contributed by atoms with Gasteiger partial charge >= 0.3 is 0 Å². The van der Waals surface area contributed by atoms with Crippen molar-refractivity contribution < 1.29 is 14.4 Å². The number of carbonyl (C=O) groups excluding carboxylic acids is 3. The van der Waals surface area contributed by atoms with Crippen LogP contribution in [0.4, 0.5) is 0 Å². The summed E-state index contributed by atoms with van der Waals surface area (Å²) in [6.07, 6.45) is 0.658. The molecular weight excluding hydrogens is 296 g/mol. The maximum Gasteiger partial charge on any atom is 0.245 e. The lowest BCUT2D eigenvalue weighted by molar-refractivity contribution is -0.148. The normalized spacial score (nSPS) is 22.2. The van der Waals surface area contributed by atoms with E-state index in [-0.39, 0.29) is 12.3 Å². The first-order valence-corrected chi connectivity index (χ1v) is 7.70. The third kappa shape index (κ3) is 2.79. The molecule has 1 unspecified atom stereocenters. The van der Waals surface area contributed by atoms with Gasteiger partial charge in [-0.25, -0.2) is 5.01 Å². The lowest BCUT2D eigenvalue weighted by Crippen LogP contribution is -2.45. The number of hydrogen-bond donors (Lipinski definition) is 2. The van der Waals surface area contributed by atoms with Gasteiger partial charge in [-0.1, -0.05) is 24.3 Å². The van der Waals surface area contributed by atoms with Crippen molar-refractivity contribution in [3.05, 3.63) is 35.4 Å². The summed E-state index contributed by atoms with van der Waals surface area (Å²) in [7, 11) is 0. The van der Waals surface area contributed by atoms with Gasteiger partial charge in [0.25, 0.3) is 0 Å². The molecule has 0 saturated carbocycles. The molecule has 1 fully saturated rings. The molecule has 3 amide bonds. The van der Waals surface area contributed by atoms with Crippen molar-refractivity contribution in [3.63, 3.8) is 0 Å². The zero-order valence-corrected chi connectivity index (χ0v) is 12.8. The molecule has 0 aliphatic carbocycles. The van der Waals surface area contributed by atoms with Gasteiger partial charge in [-0.3, -0.25) is 19.4 Å². The molecule has 2 atom stereocenters. The summed E-state index contributed by atoms with van der Waals surface area (Å²) in [5.41, 5.74) is 12.5. The monoisotopic (exact) mass is 316 g/mol. The van der Waals surface area contributed by atoms with E-state index in [0.29, 0.717) is 13.1 Å². The van der Waals surface area contributed by atoms with E-state index in [1.54, 1.807) is 5.01 Å². The van der Waals surface area contributed by atoms with E-state index >= 15 is 0 Å². The molecule has 1 aromatic carbocycles. The first-order valence-electron chi connectivity index (χ1n) is 7.70. The van der Waals surface area contributed by atoms with Crippen LogP contribution in [0.2, 0.25) is 0 Å². The van der Waals surface area contributed by atoms with Crippen LogP contribution in [0.1, 0.15) is 29.9 Å². The number of benzene rings is 1. The van der Waals surface area contributed by atoms with Gasteiger partial charge in [0, 0.05) is 26.1 Å². The minimum atomic E-state index is -0.929. The smallest absolute Gasteiger partial charge is 0.245 e. The highest BCUT2D eigenvalue weighted by Crippen LogP contribution is 2.36. The summed E-state index contributed by atoms with van der Waals surface area (Å²) in [4.78, 5) is 36.3. The van der Waals surface area contributed by atoms with Gasteiger partial charge in [0.15, 0.2) is 0 Å². The van der Waals surface area contributed by atoms with Crippen molar-refractivity contribution >= 4 is 17.7 Å². The van der Waals surface area contributed by atoms with Crippen molar-refractivity contribution in [2.45, 2.75) is 25.3 Å². The van der Waals surface area contributed by atoms with Gasteiger partial charge < -0.3 is 11.5 Å². The van der Waals surface area contributed by atoms with Gasteiger partial charge in [0.1, 0.15) is 0 Å². The largest absolute Gasteiger partial charge is 0.370 e. The number of primary amides is 2. The topological polar surface area (TPSA) is 110 Å². The first kappa shape index (κ1) is 15.5. The first-order chi connectivity index (χ1) is 11.0. The fourth-order valence-corrected chi connectivity index (χ4v) is 3.54. The second-order valence-corrected chi connectivity index (χ2v) is 6.06. The van der Waals surface area contributed by atoms with Crippen LogP contribution < -0.4 is 11.5 Å². The summed E-state index contributed by atoms with van der Waals surface area (Å²) >= 11 is 0. The third-order valence-electron chi connectivity index (χ3n) is 4.58. The lowest BCUT2D eigenvalue weighted by Gasteiger charge is -2.29. The van der Waals surface area contributed by atoms with Gasteiger partial charge in [-0.05, 0) is 17.5 Å². The Morgan fingerprint density at radius 1 is 1.22 bits per heavy atom. The van der Waals surface area contributed by atoms with Gasteiger partial charge in [0.2, 0.25) is 17.7 Å². The number of fused-ring (bicyclic) bond motifs is 2. The SMILES string of the molecule is NC(=O)CC(C(N)=O)[C@@H]1C(=O)N2CCCN2Cc2ccccc21. The van der Waals surface area contributed by atoms with Crippen LogP contribution in [0.5, 0.6) is 0 Å². The average molecular weight is 316 g/mol. The van der Waals surface area contributed by atoms with Crippen molar-refractivity contribution in [1.82, 2.24) is 10.0 Å². The molecule has 1 saturated heterocycles. The quantitative estimate of drug-likeness (QED) is 0.795. The Hall–Kier alpha value is -2.41. The van der Waals surface area contributed by atoms with Gasteiger partial charge in [-0.15, -0.1) is 0 Å². The molecule has 0 aromatic heterocycles. The summed E-state index contributed by atoms with van der Waals surface area (Å²) < 4.78 is 0. The molecule has 1 aromatic rings. The molecule has 23 heavy (non-hydrogen) atoms. The van der Waals surface area contributed by atoms with Gasteiger partial charge in [-0.2, -0.15) is 0 Å². The molecule has 7 nitrogen and oxygen atoms in total. The fraction of sp³-hybridized carbons (Fsp3) is 0.438. The zero-order valence-electron chi connectivity index (χ0n) is 12.8. The zero-order chi connectivity index (χ0) is 16.6. The summed E-state index contributed by atoms with van der Waals surface area (Å²) in [5.74, 6) is -3.19. The van der Waals surface area contributed by atoms with E-state index in [9.17, 15) is 14.4 Å². The van der Waals surface area contributed by atoms with Crippen LogP contribution in [-0.4, -0.2) is 40.8 Å². The molecule has 3 rings (SSSR count). The lowest BCUT2D eigenvalue weighted by atomic mass is 9.80. The van der Waals surface area contributed by atoms with E-state index < -0.39 is 23.7 Å². The molecule has 7 heteroatoms. The molecule has 2 aliphatic heterocycles. The second-order valence-electron chi connectivity index (χ2n) is 6.06. The molecule has 0 radical (unpaired) electrons. The maximum atomic E-state index is 13.0. The van der Waals surface area contributed by atoms with Crippen LogP contribution in [0, 0.1) is 5.92 Å². The van der Waals surface area contributed by atoms with E-state index in [1.165, 1.54) is 0 Å². The number of nitrogens with two attached hydrogens (primary N) is 2. The Labute approximate surface area is 134 Å². The van der Waals surface area contributed by atoms with Crippen molar-refractivity contribution in [3.8, 4) is 0 Å². The predicted octanol–water partition coefficient (Wildman–Crippen LogP) is -0.290. The number of rotatable bonds is 4. The highest BCUT2D eigenvalue weighted by atomic mass is 16.2. The van der Waals surface area contributed by atoms with E-state index in [4.69, 9.17) is 11.5 Å². The van der Waals surface area contributed by atoms with Crippen LogP contribution >= 0.6 is 0 Å². The number of hydrogen-bond acceptors (Lipinski definition) is 4. The molecule has 122 valence electrons. The third-order valence-corrected chi connectivity index (χ3v) is 4.58. The Bertz CT molecular complexity index is 660. The predicted molar refractivity (Wildman–Crippen MR) is 82.4 cm³/mol. The highest BCUT2D eigenvalue weighted by Gasteiger charge is 2.43. The van der Waals surface area contributed by atoms with Crippen LogP contribution in [0.25, 0.3) is 0 Å². The minimum Gasteiger partial charge on any atom is -0.370 e. The van der Waals surface area contributed by atoms with Crippen LogP contribution in [-0.2, 0) is 20.9 Å². The Morgan fingerprint density at radius 3 is 2.65 bits per heavy atom. The number of carbonyl (C=O) groups is 3.